The van der Waals surface area contributed by atoms with E-state index < -0.39 is 6.10 Å². The van der Waals surface area contributed by atoms with Crippen molar-refractivity contribution in [3.63, 3.8) is 0 Å². The van der Waals surface area contributed by atoms with Gasteiger partial charge in [-0.3, -0.25) is 0 Å². The van der Waals surface area contributed by atoms with E-state index in [0.29, 0.717) is 6.04 Å². The average Bonchev–Trinajstić information content (AvgIpc) is 3.05. The fourth-order valence-electron chi connectivity index (χ4n) is 4.42. The van der Waals surface area contributed by atoms with E-state index in [1.807, 2.05) is 42.8 Å². The molecule has 2 aliphatic rings. The summed E-state index contributed by atoms with van der Waals surface area (Å²) in [5, 5.41) is 14.5. The van der Waals surface area contributed by atoms with Crippen LogP contribution in [0.2, 0.25) is 0 Å². The van der Waals surface area contributed by atoms with Gasteiger partial charge in [0.15, 0.2) is 0 Å². The van der Waals surface area contributed by atoms with Crippen molar-refractivity contribution in [1.82, 2.24) is 14.7 Å². The average molecular weight is 405 g/mol. The van der Waals surface area contributed by atoms with Crippen LogP contribution in [0.3, 0.4) is 0 Å². The summed E-state index contributed by atoms with van der Waals surface area (Å²) < 4.78 is 8.21. The topological polar surface area (TPSA) is 62.0 Å². The molecule has 0 spiro atoms. The van der Waals surface area contributed by atoms with Gasteiger partial charge in [-0.1, -0.05) is 0 Å². The molecule has 6 heteroatoms. The molecule has 0 amide bonds. The highest BCUT2D eigenvalue weighted by Crippen LogP contribution is 2.36. The summed E-state index contributed by atoms with van der Waals surface area (Å²) in [6.45, 7) is 9.05. The van der Waals surface area contributed by atoms with Gasteiger partial charge in [-0.2, -0.15) is 0 Å². The van der Waals surface area contributed by atoms with Crippen LogP contribution < -0.4 is 15.0 Å². The monoisotopic (exact) mass is 404 g/mol. The van der Waals surface area contributed by atoms with E-state index >= 15 is 0 Å². The Morgan fingerprint density at radius 2 is 2.03 bits per heavy atom. The number of hydrogen-bond donors (Lipinski definition) is 2. The van der Waals surface area contributed by atoms with Crippen LogP contribution in [0.25, 0.3) is 17.3 Å². The van der Waals surface area contributed by atoms with E-state index in [9.17, 15) is 5.11 Å². The third-order valence-corrected chi connectivity index (χ3v) is 6.02. The van der Waals surface area contributed by atoms with Gasteiger partial charge >= 0.3 is 0 Å². The standard InChI is InChI=1S/C24H28N4O2/c1-15-12-27(9-8-25-15)20-6-4-18-10-21(24(29)17(3)30-22(18)11-20)19-5-7-23-26-16(2)13-28(23)14-19/h4-7,10-11,13-15,17,24-25,29H,8-9,12H2,1-3H3. The van der Waals surface area contributed by atoms with Crippen molar-refractivity contribution in [3.05, 3.63) is 59.5 Å². The highest BCUT2D eigenvalue weighted by molar-refractivity contribution is 5.87. The van der Waals surface area contributed by atoms with Crippen LogP contribution in [0.15, 0.2) is 42.7 Å². The lowest BCUT2D eigenvalue weighted by molar-refractivity contribution is 0.0876. The minimum atomic E-state index is -0.720. The summed E-state index contributed by atoms with van der Waals surface area (Å²) in [6, 6.07) is 10.8. The van der Waals surface area contributed by atoms with Crippen molar-refractivity contribution in [3.8, 4) is 5.75 Å². The Morgan fingerprint density at radius 1 is 1.17 bits per heavy atom. The maximum atomic E-state index is 11.0. The van der Waals surface area contributed by atoms with Crippen LogP contribution >= 0.6 is 0 Å². The predicted octanol–water partition coefficient (Wildman–Crippen LogP) is 3.12. The van der Waals surface area contributed by atoms with E-state index in [0.717, 1.165) is 59.1 Å². The highest BCUT2D eigenvalue weighted by atomic mass is 16.5. The summed E-state index contributed by atoms with van der Waals surface area (Å²) >= 11 is 0. The van der Waals surface area contributed by atoms with Gasteiger partial charge in [0.05, 0.1) is 5.69 Å². The largest absolute Gasteiger partial charge is 0.487 e. The second-order valence-electron chi connectivity index (χ2n) is 8.46. The molecule has 2 aromatic heterocycles. The molecule has 0 bridgehead atoms. The van der Waals surface area contributed by atoms with Gasteiger partial charge in [-0.15, -0.1) is 0 Å². The van der Waals surface area contributed by atoms with E-state index in [1.165, 1.54) is 0 Å². The number of pyridine rings is 1. The first-order chi connectivity index (χ1) is 14.5. The Balaban J connectivity index is 1.54. The Morgan fingerprint density at radius 3 is 2.87 bits per heavy atom. The van der Waals surface area contributed by atoms with Crippen molar-refractivity contribution in [1.29, 1.82) is 0 Å². The first-order valence-corrected chi connectivity index (χ1v) is 10.6. The normalized spacial score (nSPS) is 24.2. The number of rotatable bonds is 2. The third kappa shape index (κ3) is 3.46. The number of piperazine rings is 1. The van der Waals surface area contributed by atoms with Crippen LogP contribution in [0.4, 0.5) is 5.69 Å². The number of ether oxygens (including phenoxy) is 1. The zero-order valence-electron chi connectivity index (χ0n) is 17.7. The molecule has 0 radical (unpaired) electrons. The first kappa shape index (κ1) is 19.2. The van der Waals surface area contributed by atoms with Gasteiger partial charge in [0.2, 0.25) is 0 Å². The molecule has 3 atom stereocenters. The van der Waals surface area contributed by atoms with Gasteiger partial charge < -0.3 is 24.5 Å². The first-order valence-electron chi connectivity index (χ1n) is 10.6. The van der Waals surface area contributed by atoms with Crippen LogP contribution in [0.1, 0.15) is 30.7 Å². The molecule has 6 nitrogen and oxygen atoms in total. The molecule has 4 heterocycles. The number of nitrogens with zero attached hydrogens (tertiary/aromatic N) is 3. The molecule has 30 heavy (non-hydrogen) atoms. The quantitative estimate of drug-likeness (QED) is 0.687. The fraction of sp³-hybridized carbons (Fsp3) is 0.375. The van der Waals surface area contributed by atoms with Gasteiger partial charge in [-0.05, 0) is 62.2 Å². The summed E-state index contributed by atoms with van der Waals surface area (Å²) in [5.41, 5.74) is 5.85. The maximum absolute atomic E-state index is 11.0. The van der Waals surface area contributed by atoms with Gasteiger partial charge in [0.25, 0.3) is 0 Å². The zero-order valence-corrected chi connectivity index (χ0v) is 17.7. The Bertz CT molecular complexity index is 1120. The fourth-order valence-corrected chi connectivity index (χ4v) is 4.42. The summed E-state index contributed by atoms with van der Waals surface area (Å²) in [7, 11) is 0. The molecular formula is C24H28N4O2. The lowest BCUT2D eigenvalue weighted by Gasteiger charge is -2.34. The third-order valence-electron chi connectivity index (χ3n) is 6.02. The molecule has 3 unspecified atom stereocenters. The van der Waals surface area contributed by atoms with E-state index in [2.05, 4.69) is 46.4 Å². The molecule has 2 N–H and O–H groups in total. The molecule has 1 fully saturated rings. The van der Waals surface area contributed by atoms with Crippen LogP contribution in [0.5, 0.6) is 5.75 Å². The minimum Gasteiger partial charge on any atom is -0.487 e. The summed E-state index contributed by atoms with van der Waals surface area (Å²) in [5.74, 6) is 0.819. The molecular weight excluding hydrogens is 376 g/mol. The van der Waals surface area contributed by atoms with E-state index in [-0.39, 0.29) is 6.10 Å². The molecule has 2 aliphatic heterocycles. The van der Waals surface area contributed by atoms with Crippen LogP contribution in [-0.2, 0) is 0 Å². The van der Waals surface area contributed by atoms with Crippen molar-refractivity contribution in [2.75, 3.05) is 24.5 Å². The molecule has 0 aliphatic carbocycles. The van der Waals surface area contributed by atoms with Gasteiger partial charge in [0, 0.05) is 55.4 Å². The number of benzene rings is 1. The summed E-state index contributed by atoms with van der Waals surface area (Å²) in [4.78, 5) is 6.88. The molecule has 3 aromatic rings. The predicted molar refractivity (Wildman–Crippen MR) is 120 cm³/mol. The molecule has 1 aromatic carbocycles. The lowest BCUT2D eigenvalue weighted by Crippen LogP contribution is -2.49. The SMILES string of the molecule is Cc1cn2cc(C3=Cc4ccc(N5CCNC(C)C5)cc4OC(C)C3O)ccc2n1. The van der Waals surface area contributed by atoms with Crippen molar-refractivity contribution in [2.45, 2.75) is 39.0 Å². The van der Waals surface area contributed by atoms with Crippen molar-refractivity contribution >= 4 is 23.0 Å². The number of aliphatic hydroxyl groups is 1. The summed E-state index contributed by atoms with van der Waals surface area (Å²) in [6.07, 6.45) is 5.01. The molecule has 5 rings (SSSR count). The Labute approximate surface area is 176 Å². The highest BCUT2D eigenvalue weighted by Gasteiger charge is 2.27. The number of imidazole rings is 1. The molecule has 156 valence electrons. The number of aryl methyl sites for hydroxylation is 1. The Kier molecular flexibility index (Phi) is 4.76. The van der Waals surface area contributed by atoms with Crippen LogP contribution in [-0.4, -0.2) is 52.4 Å². The van der Waals surface area contributed by atoms with Gasteiger partial charge in [0.1, 0.15) is 23.6 Å². The van der Waals surface area contributed by atoms with Crippen LogP contribution in [0, 0.1) is 6.92 Å². The number of aliphatic hydroxyl groups excluding tert-OH is 1. The maximum Gasteiger partial charge on any atom is 0.136 e. The zero-order chi connectivity index (χ0) is 20.8. The molecule has 0 saturated carbocycles. The lowest BCUT2D eigenvalue weighted by atomic mass is 9.97. The number of anilines is 1. The Hall–Kier alpha value is -2.83. The second-order valence-corrected chi connectivity index (χ2v) is 8.46. The molecule has 1 saturated heterocycles. The van der Waals surface area contributed by atoms with E-state index in [1.54, 1.807) is 0 Å². The number of hydrogen-bond acceptors (Lipinski definition) is 5. The minimum absolute atomic E-state index is 0.352. The smallest absolute Gasteiger partial charge is 0.136 e. The van der Waals surface area contributed by atoms with Crippen molar-refractivity contribution < 1.29 is 9.84 Å². The number of fused-ring (bicyclic) bond motifs is 2. The van der Waals surface area contributed by atoms with E-state index in [4.69, 9.17) is 4.74 Å². The second kappa shape index (κ2) is 7.45. The van der Waals surface area contributed by atoms with Crippen molar-refractivity contribution in [2.24, 2.45) is 0 Å². The number of nitrogens with one attached hydrogen (secondary N) is 1. The van der Waals surface area contributed by atoms with Gasteiger partial charge in [-0.25, -0.2) is 4.98 Å². The number of aromatic nitrogens is 2.